The first-order valence-electron chi connectivity index (χ1n) is 7.42. The van der Waals surface area contributed by atoms with Crippen LogP contribution in [0.5, 0.6) is 11.5 Å². The van der Waals surface area contributed by atoms with Gasteiger partial charge in [0.05, 0.1) is 30.1 Å². The molecule has 0 aliphatic heterocycles. The number of aromatic amines is 1. The highest BCUT2D eigenvalue weighted by Gasteiger charge is 2.06. The molecule has 1 amide bonds. The number of rotatable bonds is 6. The maximum Gasteiger partial charge on any atom is 0.250 e. The van der Waals surface area contributed by atoms with E-state index in [-0.39, 0.29) is 17.4 Å². The first-order valence-corrected chi connectivity index (χ1v) is 8.41. The number of para-hydroxylation sites is 2. The molecular weight excluding hydrogens is 340 g/mol. The predicted molar refractivity (Wildman–Crippen MR) is 97.2 cm³/mol. The second kappa shape index (κ2) is 7.71. The van der Waals surface area contributed by atoms with Crippen LogP contribution >= 0.6 is 11.8 Å². The van der Waals surface area contributed by atoms with E-state index in [4.69, 9.17) is 4.74 Å². The number of carbonyl (C=O) groups is 1. The van der Waals surface area contributed by atoms with Crippen molar-refractivity contribution < 1.29 is 14.6 Å². The predicted octanol–water partition coefficient (Wildman–Crippen LogP) is 2.52. The number of fused-ring (bicyclic) bond motifs is 1. The Morgan fingerprint density at radius 1 is 1.40 bits per heavy atom. The molecular formula is C17H16N4O3S. The Hall–Kier alpha value is -3.00. The van der Waals surface area contributed by atoms with Crippen LogP contribution in [0.4, 0.5) is 0 Å². The summed E-state index contributed by atoms with van der Waals surface area (Å²) in [7, 11) is 1.47. The van der Waals surface area contributed by atoms with Gasteiger partial charge in [-0.2, -0.15) is 5.10 Å². The van der Waals surface area contributed by atoms with Crippen molar-refractivity contribution in [2.24, 2.45) is 5.10 Å². The van der Waals surface area contributed by atoms with Gasteiger partial charge in [-0.3, -0.25) is 4.79 Å². The fourth-order valence-electron chi connectivity index (χ4n) is 2.13. The SMILES string of the molecule is COc1ccc(/C=N/NC(=O)CSc2nc3ccccc3[nH]2)cc1O. The Bertz CT molecular complexity index is 890. The lowest BCUT2D eigenvalue weighted by Crippen LogP contribution is -2.19. The standard InChI is InChI=1S/C17H16N4O3S/c1-24-15-7-6-11(8-14(15)22)9-18-21-16(23)10-25-17-19-12-4-2-3-5-13(12)20-17/h2-9,22H,10H2,1H3,(H,19,20)(H,21,23)/b18-9+. The molecule has 0 atom stereocenters. The maximum absolute atomic E-state index is 11.8. The molecule has 0 bridgehead atoms. The fourth-order valence-corrected chi connectivity index (χ4v) is 2.81. The number of ether oxygens (including phenoxy) is 1. The third kappa shape index (κ3) is 4.30. The molecule has 128 valence electrons. The number of phenols is 1. The molecule has 1 aromatic heterocycles. The van der Waals surface area contributed by atoms with E-state index in [1.165, 1.54) is 31.2 Å². The second-order valence-electron chi connectivity index (χ2n) is 5.07. The van der Waals surface area contributed by atoms with Gasteiger partial charge in [0.1, 0.15) is 0 Å². The Morgan fingerprint density at radius 2 is 2.24 bits per heavy atom. The molecule has 0 saturated carbocycles. The summed E-state index contributed by atoms with van der Waals surface area (Å²) in [5, 5.41) is 14.2. The molecule has 3 aromatic rings. The topological polar surface area (TPSA) is 99.6 Å². The number of nitrogens with one attached hydrogen (secondary N) is 2. The Morgan fingerprint density at radius 3 is 3.00 bits per heavy atom. The first-order chi connectivity index (χ1) is 12.2. The minimum absolute atomic E-state index is 0.0122. The van der Waals surface area contributed by atoms with Crippen molar-refractivity contribution in [3.8, 4) is 11.5 Å². The summed E-state index contributed by atoms with van der Waals surface area (Å²) in [4.78, 5) is 19.4. The zero-order valence-electron chi connectivity index (χ0n) is 13.4. The van der Waals surface area contributed by atoms with Crippen molar-refractivity contribution in [1.29, 1.82) is 0 Å². The van der Waals surface area contributed by atoms with Gasteiger partial charge in [-0.1, -0.05) is 23.9 Å². The minimum atomic E-state index is -0.251. The maximum atomic E-state index is 11.8. The highest BCUT2D eigenvalue weighted by atomic mass is 32.2. The number of carbonyl (C=O) groups excluding carboxylic acids is 1. The van der Waals surface area contributed by atoms with Gasteiger partial charge in [-0.15, -0.1) is 0 Å². The molecule has 1 heterocycles. The average molecular weight is 356 g/mol. The summed E-state index contributed by atoms with van der Waals surface area (Å²) >= 11 is 1.30. The van der Waals surface area contributed by atoms with Crippen LogP contribution in [0, 0.1) is 0 Å². The molecule has 25 heavy (non-hydrogen) atoms. The number of hydrogen-bond donors (Lipinski definition) is 3. The fraction of sp³-hybridized carbons (Fsp3) is 0.118. The lowest BCUT2D eigenvalue weighted by Gasteiger charge is -2.03. The zero-order chi connectivity index (χ0) is 17.6. The lowest BCUT2D eigenvalue weighted by molar-refractivity contribution is -0.118. The number of amides is 1. The molecule has 0 aliphatic carbocycles. The quantitative estimate of drug-likeness (QED) is 0.358. The van der Waals surface area contributed by atoms with Gasteiger partial charge >= 0.3 is 0 Å². The number of H-pyrrole nitrogens is 1. The first kappa shape index (κ1) is 16.8. The van der Waals surface area contributed by atoms with Crippen LogP contribution in [-0.2, 0) is 4.79 Å². The Kier molecular flexibility index (Phi) is 5.20. The van der Waals surface area contributed by atoms with Crippen molar-refractivity contribution >= 4 is 34.9 Å². The van der Waals surface area contributed by atoms with Crippen LogP contribution in [0.2, 0.25) is 0 Å². The summed E-state index contributed by atoms with van der Waals surface area (Å²) in [6.07, 6.45) is 1.45. The van der Waals surface area contributed by atoms with Crippen molar-refractivity contribution in [1.82, 2.24) is 15.4 Å². The molecule has 7 nitrogen and oxygen atoms in total. The van der Waals surface area contributed by atoms with Gasteiger partial charge in [-0.25, -0.2) is 10.4 Å². The molecule has 0 saturated heterocycles. The molecule has 3 rings (SSSR count). The molecule has 0 fully saturated rings. The van der Waals surface area contributed by atoms with Crippen molar-refractivity contribution in [2.45, 2.75) is 5.16 Å². The van der Waals surface area contributed by atoms with E-state index in [0.717, 1.165) is 11.0 Å². The second-order valence-corrected chi connectivity index (χ2v) is 6.04. The number of hydrogen-bond acceptors (Lipinski definition) is 6. The Balaban J connectivity index is 1.51. The summed E-state index contributed by atoms with van der Waals surface area (Å²) in [6, 6.07) is 12.5. The molecule has 8 heteroatoms. The summed E-state index contributed by atoms with van der Waals surface area (Å²) in [5.74, 6) is 0.325. The van der Waals surface area contributed by atoms with Crippen molar-refractivity contribution in [3.63, 3.8) is 0 Å². The molecule has 0 unspecified atom stereocenters. The number of hydrazone groups is 1. The van der Waals surface area contributed by atoms with Gasteiger partial charge < -0.3 is 14.8 Å². The number of aromatic hydroxyl groups is 1. The van der Waals surface area contributed by atoms with E-state index in [9.17, 15) is 9.90 Å². The third-order valence-electron chi connectivity index (χ3n) is 3.31. The molecule has 3 N–H and O–H groups in total. The molecule has 2 aromatic carbocycles. The van der Waals surface area contributed by atoms with Gasteiger partial charge in [-0.05, 0) is 35.9 Å². The molecule has 0 radical (unpaired) electrons. The number of benzene rings is 2. The molecule has 0 aliphatic rings. The summed E-state index contributed by atoms with van der Waals surface area (Å²) in [5.41, 5.74) is 4.88. The van der Waals surface area contributed by atoms with E-state index in [2.05, 4.69) is 20.5 Å². The van der Waals surface area contributed by atoms with Crippen LogP contribution in [0.15, 0.2) is 52.7 Å². The van der Waals surface area contributed by atoms with E-state index in [1.54, 1.807) is 12.1 Å². The highest BCUT2D eigenvalue weighted by Crippen LogP contribution is 2.25. The van der Waals surface area contributed by atoms with E-state index >= 15 is 0 Å². The lowest BCUT2D eigenvalue weighted by atomic mass is 10.2. The summed E-state index contributed by atoms with van der Waals surface area (Å²) < 4.78 is 4.96. The largest absolute Gasteiger partial charge is 0.504 e. The number of phenolic OH excluding ortho intramolecular Hbond substituents is 1. The van der Waals surface area contributed by atoms with Crippen molar-refractivity contribution in [3.05, 3.63) is 48.0 Å². The number of imidazole rings is 1. The Labute approximate surface area is 148 Å². The number of nitrogens with zero attached hydrogens (tertiary/aromatic N) is 2. The normalized spacial score (nSPS) is 11.1. The average Bonchev–Trinajstić information content (AvgIpc) is 3.03. The van der Waals surface area contributed by atoms with Gasteiger partial charge in [0.25, 0.3) is 5.91 Å². The van der Waals surface area contributed by atoms with Crippen molar-refractivity contribution in [2.75, 3.05) is 12.9 Å². The van der Waals surface area contributed by atoms with E-state index in [1.807, 2.05) is 24.3 Å². The van der Waals surface area contributed by atoms with E-state index < -0.39 is 0 Å². The van der Waals surface area contributed by atoms with E-state index in [0.29, 0.717) is 16.5 Å². The molecule has 0 spiro atoms. The number of methoxy groups -OCH3 is 1. The van der Waals surface area contributed by atoms with Crippen LogP contribution in [-0.4, -0.2) is 40.1 Å². The van der Waals surface area contributed by atoms with Crippen LogP contribution in [0.1, 0.15) is 5.56 Å². The highest BCUT2D eigenvalue weighted by molar-refractivity contribution is 7.99. The number of aromatic nitrogens is 2. The smallest absolute Gasteiger partial charge is 0.250 e. The van der Waals surface area contributed by atoms with Crippen LogP contribution in [0.3, 0.4) is 0 Å². The van der Waals surface area contributed by atoms with Gasteiger partial charge in [0.2, 0.25) is 0 Å². The van der Waals surface area contributed by atoms with Crippen LogP contribution in [0.25, 0.3) is 11.0 Å². The zero-order valence-corrected chi connectivity index (χ0v) is 14.2. The minimum Gasteiger partial charge on any atom is -0.504 e. The van der Waals surface area contributed by atoms with Gasteiger partial charge in [0.15, 0.2) is 16.7 Å². The third-order valence-corrected chi connectivity index (χ3v) is 4.19. The number of thioether (sulfide) groups is 1. The van der Waals surface area contributed by atoms with Crippen LogP contribution < -0.4 is 10.2 Å². The van der Waals surface area contributed by atoms with Gasteiger partial charge in [0, 0.05) is 0 Å². The summed E-state index contributed by atoms with van der Waals surface area (Å²) in [6.45, 7) is 0. The monoisotopic (exact) mass is 356 g/mol.